The number of nitrogens with zero attached hydrogens (tertiary/aromatic N) is 1. The molecule has 118 valence electrons. The van der Waals surface area contributed by atoms with Crippen LogP contribution in [0.3, 0.4) is 0 Å². The van der Waals surface area contributed by atoms with Crippen LogP contribution in [0.25, 0.3) is 11.3 Å². The molecule has 2 N–H and O–H groups in total. The van der Waals surface area contributed by atoms with E-state index in [4.69, 9.17) is 4.42 Å². The van der Waals surface area contributed by atoms with Crippen LogP contribution >= 0.6 is 0 Å². The molecule has 0 aliphatic heterocycles. The molecule has 0 saturated heterocycles. The van der Waals surface area contributed by atoms with Crippen LogP contribution < -0.4 is 5.32 Å². The zero-order chi connectivity index (χ0) is 16.3. The second kappa shape index (κ2) is 6.19. The first-order valence-corrected chi connectivity index (χ1v) is 6.84. The van der Waals surface area contributed by atoms with E-state index in [1.54, 1.807) is 32.0 Å². The maximum Gasteiger partial charge on any atom is 0.321 e. The third kappa shape index (κ3) is 4.08. The molecule has 0 saturated carbocycles. The van der Waals surface area contributed by atoms with Crippen LogP contribution in [0, 0.1) is 5.82 Å². The highest BCUT2D eigenvalue weighted by Crippen LogP contribution is 2.25. The third-order valence-corrected chi connectivity index (χ3v) is 2.98. The van der Waals surface area contributed by atoms with Gasteiger partial charge in [-0.05, 0) is 44.2 Å². The molecule has 5 nitrogen and oxygen atoms in total. The fourth-order valence-corrected chi connectivity index (χ4v) is 2.08. The van der Waals surface area contributed by atoms with Crippen molar-refractivity contribution in [2.75, 3.05) is 18.9 Å². The summed E-state index contributed by atoms with van der Waals surface area (Å²) in [5, 5.41) is 12.2. The number of likely N-dealkylation sites (N-methyl/N-ethyl adjacent to an activating group) is 1. The minimum absolute atomic E-state index is 0.0569. The number of carbonyl (C=O) groups is 1. The highest BCUT2D eigenvalue weighted by molar-refractivity contribution is 5.90. The van der Waals surface area contributed by atoms with Gasteiger partial charge < -0.3 is 19.7 Å². The number of urea groups is 1. The monoisotopic (exact) mass is 306 g/mol. The van der Waals surface area contributed by atoms with Crippen molar-refractivity contribution in [2.24, 2.45) is 0 Å². The second-order valence-corrected chi connectivity index (χ2v) is 5.77. The summed E-state index contributed by atoms with van der Waals surface area (Å²) >= 11 is 0. The zero-order valence-electron chi connectivity index (χ0n) is 12.8. The summed E-state index contributed by atoms with van der Waals surface area (Å²) in [6, 6.07) is 7.32. The molecule has 2 amide bonds. The van der Waals surface area contributed by atoms with Crippen LogP contribution in [0.4, 0.5) is 14.9 Å². The van der Waals surface area contributed by atoms with Gasteiger partial charge in [-0.25, -0.2) is 9.18 Å². The van der Waals surface area contributed by atoms with Gasteiger partial charge in [0.2, 0.25) is 0 Å². The highest BCUT2D eigenvalue weighted by atomic mass is 19.1. The molecule has 2 rings (SSSR count). The minimum atomic E-state index is -1.03. The van der Waals surface area contributed by atoms with Crippen LogP contribution in [0.5, 0.6) is 0 Å². The predicted molar refractivity (Wildman–Crippen MR) is 82.0 cm³/mol. The Morgan fingerprint density at radius 1 is 1.41 bits per heavy atom. The van der Waals surface area contributed by atoms with E-state index in [1.807, 2.05) is 0 Å². The van der Waals surface area contributed by atoms with E-state index in [9.17, 15) is 14.3 Å². The van der Waals surface area contributed by atoms with E-state index in [-0.39, 0.29) is 12.2 Å². The standard InChI is InChI=1S/C16H19FN2O3/c1-16(2,21)10-19(3)15(20)18-13-9-11(6-7-12(13)17)14-5-4-8-22-14/h4-9,21H,10H2,1-3H3,(H,18,20). The lowest BCUT2D eigenvalue weighted by atomic mass is 10.1. The van der Waals surface area contributed by atoms with Crippen LogP contribution in [0.2, 0.25) is 0 Å². The van der Waals surface area contributed by atoms with Gasteiger partial charge in [0, 0.05) is 12.6 Å². The molecule has 0 fully saturated rings. The van der Waals surface area contributed by atoms with E-state index in [0.29, 0.717) is 11.3 Å². The van der Waals surface area contributed by atoms with Crippen molar-refractivity contribution in [2.45, 2.75) is 19.4 Å². The van der Waals surface area contributed by atoms with Crippen molar-refractivity contribution in [3.05, 3.63) is 42.4 Å². The molecular formula is C16H19FN2O3. The molecule has 6 heteroatoms. The van der Waals surface area contributed by atoms with E-state index in [0.717, 1.165) is 0 Å². The van der Waals surface area contributed by atoms with Gasteiger partial charge in [-0.15, -0.1) is 0 Å². The summed E-state index contributed by atoms with van der Waals surface area (Å²) in [7, 11) is 1.53. The van der Waals surface area contributed by atoms with Gasteiger partial charge in [-0.2, -0.15) is 0 Å². The predicted octanol–water partition coefficient (Wildman–Crippen LogP) is 3.32. The van der Waals surface area contributed by atoms with Crippen molar-refractivity contribution < 1.29 is 18.7 Å². The summed E-state index contributed by atoms with van der Waals surface area (Å²) in [4.78, 5) is 13.3. The minimum Gasteiger partial charge on any atom is -0.464 e. The Labute approximate surface area is 128 Å². The van der Waals surface area contributed by atoms with Crippen LogP contribution in [-0.2, 0) is 0 Å². The lowest BCUT2D eigenvalue weighted by Gasteiger charge is -2.25. The molecule has 2 aromatic rings. The topological polar surface area (TPSA) is 65.7 Å². The van der Waals surface area contributed by atoms with Gasteiger partial charge in [0.25, 0.3) is 0 Å². The summed E-state index contributed by atoms with van der Waals surface area (Å²) in [5.74, 6) is 0.0423. The van der Waals surface area contributed by atoms with Crippen molar-refractivity contribution in [1.29, 1.82) is 0 Å². The van der Waals surface area contributed by atoms with Crippen molar-refractivity contribution >= 4 is 11.7 Å². The number of furan rings is 1. The normalized spacial score (nSPS) is 11.3. The van der Waals surface area contributed by atoms with Gasteiger partial charge >= 0.3 is 6.03 Å². The molecule has 0 radical (unpaired) electrons. The quantitative estimate of drug-likeness (QED) is 0.910. The van der Waals surface area contributed by atoms with Gasteiger partial charge in [-0.1, -0.05) is 0 Å². The largest absolute Gasteiger partial charge is 0.464 e. The van der Waals surface area contributed by atoms with E-state index in [1.165, 1.54) is 30.3 Å². The van der Waals surface area contributed by atoms with E-state index in [2.05, 4.69) is 5.32 Å². The van der Waals surface area contributed by atoms with Gasteiger partial charge in [0.15, 0.2) is 0 Å². The Bertz CT molecular complexity index is 648. The van der Waals surface area contributed by atoms with E-state index >= 15 is 0 Å². The molecule has 0 spiro atoms. The van der Waals surface area contributed by atoms with Crippen molar-refractivity contribution in [3.8, 4) is 11.3 Å². The molecule has 0 aliphatic carbocycles. The number of halogens is 1. The number of aliphatic hydroxyl groups is 1. The molecule has 22 heavy (non-hydrogen) atoms. The lowest BCUT2D eigenvalue weighted by molar-refractivity contribution is 0.0550. The van der Waals surface area contributed by atoms with Crippen LogP contribution in [0.15, 0.2) is 41.0 Å². The van der Waals surface area contributed by atoms with E-state index < -0.39 is 17.4 Å². The summed E-state index contributed by atoms with van der Waals surface area (Å²) in [6.45, 7) is 3.31. The number of benzene rings is 1. The van der Waals surface area contributed by atoms with Gasteiger partial charge in [-0.3, -0.25) is 0 Å². The highest BCUT2D eigenvalue weighted by Gasteiger charge is 2.20. The first-order valence-electron chi connectivity index (χ1n) is 6.84. The molecule has 1 heterocycles. The molecule has 0 bridgehead atoms. The first kappa shape index (κ1) is 16.0. The molecule has 1 aromatic heterocycles. The van der Waals surface area contributed by atoms with Gasteiger partial charge in [0.1, 0.15) is 11.6 Å². The Morgan fingerprint density at radius 2 is 2.14 bits per heavy atom. The van der Waals surface area contributed by atoms with Crippen LogP contribution in [0.1, 0.15) is 13.8 Å². The molecule has 1 aromatic carbocycles. The first-order chi connectivity index (χ1) is 10.3. The summed E-state index contributed by atoms with van der Waals surface area (Å²) < 4.78 is 19.1. The Hall–Kier alpha value is -2.34. The number of hydrogen-bond donors (Lipinski definition) is 2. The number of hydrogen-bond acceptors (Lipinski definition) is 3. The maximum absolute atomic E-state index is 13.9. The number of anilines is 1. The number of rotatable bonds is 4. The van der Waals surface area contributed by atoms with Crippen molar-refractivity contribution in [3.63, 3.8) is 0 Å². The fraction of sp³-hybridized carbons (Fsp3) is 0.312. The number of carbonyl (C=O) groups excluding carboxylic acids is 1. The average Bonchev–Trinajstić information content (AvgIpc) is 2.93. The molecule has 0 unspecified atom stereocenters. The smallest absolute Gasteiger partial charge is 0.321 e. The zero-order valence-corrected chi connectivity index (χ0v) is 12.8. The lowest BCUT2D eigenvalue weighted by Crippen LogP contribution is -2.41. The van der Waals surface area contributed by atoms with Gasteiger partial charge in [0.05, 0.1) is 24.1 Å². The molecule has 0 atom stereocenters. The third-order valence-electron chi connectivity index (χ3n) is 2.98. The average molecular weight is 306 g/mol. The Balaban J connectivity index is 2.15. The fourth-order valence-electron chi connectivity index (χ4n) is 2.08. The molecule has 0 aliphatic rings. The Morgan fingerprint density at radius 3 is 2.73 bits per heavy atom. The van der Waals surface area contributed by atoms with Crippen molar-refractivity contribution in [1.82, 2.24) is 4.90 Å². The molecular weight excluding hydrogens is 287 g/mol. The number of amides is 2. The second-order valence-electron chi connectivity index (χ2n) is 5.77. The summed E-state index contributed by atoms with van der Waals surface area (Å²) in [5.41, 5.74) is -0.311. The number of nitrogens with one attached hydrogen (secondary N) is 1. The Kier molecular flexibility index (Phi) is 4.51. The SMILES string of the molecule is CN(CC(C)(C)O)C(=O)Nc1cc(-c2ccco2)ccc1F. The summed E-state index contributed by atoms with van der Waals surface area (Å²) in [6.07, 6.45) is 1.52. The van der Waals surface area contributed by atoms with Crippen LogP contribution in [-0.4, -0.2) is 35.2 Å². The maximum atomic E-state index is 13.9.